The van der Waals surface area contributed by atoms with Crippen LogP contribution in [0.1, 0.15) is 194 Å². The Morgan fingerprint density at radius 3 is 0.789 bits per heavy atom. The predicted molar refractivity (Wildman–Crippen MR) is 163 cm³/mol. The fraction of sp³-hybridized carbons (Fsp3) is 0.941. The van der Waals surface area contributed by atoms with Crippen molar-refractivity contribution in [3.8, 4) is 0 Å². The first kappa shape index (κ1) is 36.9. The van der Waals surface area contributed by atoms with Crippen LogP contribution in [-0.4, -0.2) is 25.2 Å². The van der Waals surface area contributed by atoms with Crippen LogP contribution in [0.4, 0.5) is 0 Å². The van der Waals surface area contributed by atoms with Gasteiger partial charge in [-0.1, -0.05) is 168 Å². The molecule has 0 fully saturated rings. The smallest absolute Gasteiger partial charge is 0.305 e. The monoisotopic (exact) mass is 538 g/mol. The summed E-state index contributed by atoms with van der Waals surface area (Å²) < 4.78 is 10.4. The molecule has 0 spiro atoms. The Labute approximate surface area is 237 Å². The zero-order chi connectivity index (χ0) is 27.8. The maximum atomic E-state index is 11.8. The van der Waals surface area contributed by atoms with Gasteiger partial charge in [-0.2, -0.15) is 0 Å². The molecule has 0 aromatic carbocycles. The van der Waals surface area contributed by atoms with Crippen molar-refractivity contribution in [2.24, 2.45) is 0 Å². The first-order valence-corrected chi connectivity index (χ1v) is 17.0. The van der Waals surface area contributed by atoms with Gasteiger partial charge in [-0.25, -0.2) is 0 Å². The van der Waals surface area contributed by atoms with Crippen LogP contribution in [-0.2, 0) is 19.1 Å². The maximum Gasteiger partial charge on any atom is 0.305 e. The number of ether oxygens (including phenoxy) is 2. The third-order valence-corrected chi connectivity index (χ3v) is 7.58. The van der Waals surface area contributed by atoms with E-state index in [9.17, 15) is 9.59 Å². The zero-order valence-electron chi connectivity index (χ0n) is 25.8. The van der Waals surface area contributed by atoms with Gasteiger partial charge in [-0.15, -0.1) is 0 Å². The largest absolute Gasteiger partial charge is 0.462 e. The lowest BCUT2D eigenvalue weighted by atomic mass is 10.0. The number of hydrogen-bond acceptors (Lipinski definition) is 4. The van der Waals surface area contributed by atoms with Gasteiger partial charge in [0.2, 0.25) is 0 Å². The molecule has 0 saturated carbocycles. The van der Waals surface area contributed by atoms with Crippen LogP contribution in [0.5, 0.6) is 0 Å². The third-order valence-electron chi connectivity index (χ3n) is 7.58. The highest BCUT2D eigenvalue weighted by atomic mass is 16.6. The number of hydrogen-bond donors (Lipinski definition) is 0. The van der Waals surface area contributed by atoms with Crippen molar-refractivity contribution in [2.75, 3.05) is 13.2 Å². The summed E-state index contributed by atoms with van der Waals surface area (Å²) >= 11 is 0. The van der Waals surface area contributed by atoms with Gasteiger partial charge in [0.05, 0.1) is 0 Å². The predicted octanol–water partition coefficient (Wildman–Crippen LogP) is 11.0. The average molecular weight is 539 g/mol. The van der Waals surface area contributed by atoms with Gasteiger partial charge in [0.1, 0.15) is 13.2 Å². The molecule has 0 saturated heterocycles. The summed E-state index contributed by atoms with van der Waals surface area (Å²) in [5.41, 5.74) is 0. The van der Waals surface area contributed by atoms with Crippen molar-refractivity contribution >= 4 is 11.9 Å². The summed E-state index contributed by atoms with van der Waals surface area (Å²) in [5.74, 6) is -0.333. The Balaban J connectivity index is 3.26. The van der Waals surface area contributed by atoms with Crippen LogP contribution in [0.25, 0.3) is 0 Å². The first-order valence-electron chi connectivity index (χ1n) is 17.0. The van der Waals surface area contributed by atoms with E-state index in [-0.39, 0.29) is 25.2 Å². The standard InChI is InChI=1S/C34H66O4/c1-3-5-7-9-11-13-15-16-17-18-20-22-24-26-28-30-34(36)38-32-31-37-33(35)29-27-25-23-21-19-14-12-10-8-6-4-2/h3-32H2,1-2H3. The van der Waals surface area contributed by atoms with Gasteiger partial charge in [0, 0.05) is 12.8 Å². The quantitative estimate of drug-likeness (QED) is 0.0650. The summed E-state index contributed by atoms with van der Waals surface area (Å²) in [6, 6.07) is 0. The van der Waals surface area contributed by atoms with Crippen molar-refractivity contribution in [2.45, 2.75) is 194 Å². The molecular weight excluding hydrogens is 472 g/mol. The summed E-state index contributed by atoms with van der Waals surface area (Å²) in [7, 11) is 0. The number of unbranched alkanes of at least 4 members (excludes halogenated alkanes) is 24. The molecule has 226 valence electrons. The highest BCUT2D eigenvalue weighted by molar-refractivity contribution is 5.70. The Hall–Kier alpha value is -1.06. The molecule has 0 radical (unpaired) electrons. The second kappa shape index (κ2) is 32.2. The molecule has 0 rings (SSSR count). The molecular formula is C34H66O4. The van der Waals surface area contributed by atoms with Gasteiger partial charge < -0.3 is 9.47 Å². The van der Waals surface area contributed by atoms with Crippen LogP contribution < -0.4 is 0 Å². The second-order valence-corrected chi connectivity index (χ2v) is 11.4. The summed E-state index contributed by atoms with van der Waals surface area (Å²) in [6.07, 6.45) is 34.7. The number of carbonyl (C=O) groups is 2. The van der Waals surface area contributed by atoms with Gasteiger partial charge >= 0.3 is 11.9 Å². The minimum Gasteiger partial charge on any atom is -0.462 e. The Morgan fingerprint density at radius 1 is 0.342 bits per heavy atom. The summed E-state index contributed by atoms with van der Waals surface area (Å²) in [4.78, 5) is 23.7. The van der Waals surface area contributed by atoms with Gasteiger partial charge in [0.25, 0.3) is 0 Å². The maximum absolute atomic E-state index is 11.8. The third kappa shape index (κ3) is 31.2. The molecule has 0 amide bonds. The van der Waals surface area contributed by atoms with Gasteiger partial charge in [-0.05, 0) is 12.8 Å². The number of rotatable bonds is 31. The van der Waals surface area contributed by atoms with Crippen molar-refractivity contribution in [1.29, 1.82) is 0 Å². The Kier molecular flexibility index (Phi) is 31.3. The van der Waals surface area contributed by atoms with E-state index < -0.39 is 0 Å². The highest BCUT2D eigenvalue weighted by Crippen LogP contribution is 2.14. The normalized spacial score (nSPS) is 11.1. The summed E-state index contributed by atoms with van der Waals surface area (Å²) in [5, 5.41) is 0. The Morgan fingerprint density at radius 2 is 0.553 bits per heavy atom. The second-order valence-electron chi connectivity index (χ2n) is 11.4. The molecule has 0 heterocycles. The molecule has 4 nitrogen and oxygen atoms in total. The number of esters is 2. The molecule has 0 unspecified atom stereocenters. The van der Waals surface area contributed by atoms with Crippen LogP contribution in [0, 0.1) is 0 Å². The minimum atomic E-state index is -0.167. The molecule has 0 aromatic heterocycles. The minimum absolute atomic E-state index is 0.166. The molecule has 0 aliphatic carbocycles. The van der Waals surface area contributed by atoms with E-state index in [0.29, 0.717) is 12.8 Å². The van der Waals surface area contributed by atoms with E-state index in [2.05, 4.69) is 13.8 Å². The van der Waals surface area contributed by atoms with Gasteiger partial charge in [0.15, 0.2) is 0 Å². The summed E-state index contributed by atoms with van der Waals surface area (Å²) in [6.45, 7) is 4.90. The Bertz CT molecular complexity index is 491. The lowest BCUT2D eigenvalue weighted by Gasteiger charge is -2.07. The molecule has 0 aromatic rings. The SMILES string of the molecule is CCCCCCCCCCCCCCCCCC(=O)OCCOC(=O)CCCCCCCCCCCCC. The van der Waals surface area contributed by atoms with E-state index in [1.54, 1.807) is 0 Å². The van der Waals surface area contributed by atoms with E-state index in [4.69, 9.17) is 9.47 Å². The first-order chi connectivity index (χ1) is 18.7. The van der Waals surface area contributed by atoms with Crippen LogP contribution in [0.15, 0.2) is 0 Å². The molecule has 0 atom stereocenters. The number of carbonyl (C=O) groups excluding carboxylic acids is 2. The van der Waals surface area contributed by atoms with E-state index >= 15 is 0 Å². The molecule has 38 heavy (non-hydrogen) atoms. The van der Waals surface area contributed by atoms with Crippen molar-refractivity contribution in [1.82, 2.24) is 0 Å². The lowest BCUT2D eigenvalue weighted by molar-refractivity contribution is -0.152. The van der Waals surface area contributed by atoms with Crippen LogP contribution in [0.2, 0.25) is 0 Å². The molecule has 4 heteroatoms. The van der Waals surface area contributed by atoms with E-state index in [0.717, 1.165) is 25.7 Å². The molecule has 0 aliphatic heterocycles. The van der Waals surface area contributed by atoms with Crippen LogP contribution in [0.3, 0.4) is 0 Å². The molecule has 0 bridgehead atoms. The van der Waals surface area contributed by atoms with Gasteiger partial charge in [-0.3, -0.25) is 9.59 Å². The molecule has 0 aliphatic rings. The zero-order valence-corrected chi connectivity index (χ0v) is 25.8. The topological polar surface area (TPSA) is 52.6 Å². The fourth-order valence-corrected chi connectivity index (χ4v) is 5.03. The van der Waals surface area contributed by atoms with Crippen molar-refractivity contribution < 1.29 is 19.1 Å². The fourth-order valence-electron chi connectivity index (χ4n) is 5.03. The van der Waals surface area contributed by atoms with Crippen molar-refractivity contribution in [3.63, 3.8) is 0 Å². The van der Waals surface area contributed by atoms with E-state index in [1.165, 1.54) is 141 Å². The molecule has 0 N–H and O–H groups in total. The highest BCUT2D eigenvalue weighted by Gasteiger charge is 2.06. The average Bonchev–Trinajstić information content (AvgIpc) is 2.92. The van der Waals surface area contributed by atoms with Crippen LogP contribution >= 0.6 is 0 Å². The lowest BCUT2D eigenvalue weighted by Crippen LogP contribution is -2.13. The van der Waals surface area contributed by atoms with Crippen molar-refractivity contribution in [3.05, 3.63) is 0 Å². The van der Waals surface area contributed by atoms with E-state index in [1.807, 2.05) is 0 Å².